The molecule has 4 aromatic rings. The third-order valence-electron chi connectivity index (χ3n) is 6.49. The van der Waals surface area contributed by atoms with E-state index in [0.29, 0.717) is 5.65 Å². The lowest BCUT2D eigenvalue weighted by Crippen LogP contribution is -2.25. The van der Waals surface area contributed by atoms with Crippen molar-refractivity contribution in [2.45, 2.75) is 79.2 Å². The third-order valence-corrected chi connectivity index (χ3v) is 8.47. The Balaban J connectivity index is 1.69. The van der Waals surface area contributed by atoms with Crippen LogP contribution < -0.4 is 0 Å². The number of hydrogen-bond donors (Lipinski definition) is 0. The standard InChI is InChI=1S/C28H38N5O5P/c1-18-29-14-19-15-30-26-25(33(18)19)13-24(22-16-31(8)23-11-10-20(35-9)12-21(22)23)32(26)17-36-39(34,37-27(2,3)4)38-28(5,6)7/h12-16H,10-11,17H2,1-9H3. The van der Waals surface area contributed by atoms with Gasteiger partial charge < -0.3 is 9.30 Å². The molecule has 39 heavy (non-hydrogen) atoms. The first-order valence-electron chi connectivity index (χ1n) is 13.1. The number of phosphoric acid groups is 1. The number of hydrogen-bond acceptors (Lipinski definition) is 7. The highest BCUT2D eigenvalue weighted by Gasteiger charge is 2.38. The minimum atomic E-state index is -3.98. The van der Waals surface area contributed by atoms with Gasteiger partial charge in [0.05, 0.1) is 53.2 Å². The summed E-state index contributed by atoms with van der Waals surface area (Å²) >= 11 is 0. The van der Waals surface area contributed by atoms with Crippen molar-refractivity contribution >= 4 is 30.6 Å². The van der Waals surface area contributed by atoms with Gasteiger partial charge in [0, 0.05) is 36.5 Å². The molecule has 0 atom stereocenters. The van der Waals surface area contributed by atoms with E-state index in [1.165, 1.54) is 5.69 Å². The number of imidazole rings is 1. The minimum absolute atomic E-state index is 0.0982. The molecule has 0 aliphatic heterocycles. The smallest absolute Gasteiger partial charge is 0.477 e. The van der Waals surface area contributed by atoms with Crippen molar-refractivity contribution in [3.63, 3.8) is 0 Å². The molecule has 1 aliphatic carbocycles. The van der Waals surface area contributed by atoms with Gasteiger partial charge in [-0.2, -0.15) is 0 Å². The summed E-state index contributed by atoms with van der Waals surface area (Å²) in [5.41, 5.74) is 5.09. The van der Waals surface area contributed by atoms with E-state index in [1.807, 2.05) is 53.0 Å². The summed E-state index contributed by atoms with van der Waals surface area (Å²) in [5.74, 6) is 1.78. The number of aryl methyl sites for hydroxylation is 2. The lowest BCUT2D eigenvalue weighted by atomic mass is 9.99. The Morgan fingerprint density at radius 2 is 1.69 bits per heavy atom. The van der Waals surface area contributed by atoms with Crippen molar-refractivity contribution < 1.29 is 22.9 Å². The summed E-state index contributed by atoms with van der Waals surface area (Å²) in [6, 6.07) is 2.08. The number of nitrogens with zero attached hydrogens (tertiary/aromatic N) is 5. The molecule has 4 heterocycles. The van der Waals surface area contributed by atoms with Crippen LogP contribution in [0.5, 0.6) is 0 Å². The van der Waals surface area contributed by atoms with Crippen molar-refractivity contribution in [3.05, 3.63) is 47.5 Å². The van der Waals surface area contributed by atoms with Crippen LogP contribution in [0.4, 0.5) is 0 Å². The van der Waals surface area contributed by atoms with Crippen LogP contribution in [-0.4, -0.2) is 41.8 Å². The van der Waals surface area contributed by atoms with E-state index >= 15 is 0 Å². The molecule has 0 amide bonds. The maximum Gasteiger partial charge on any atom is 0.477 e. The normalized spacial score (nSPS) is 14.7. The summed E-state index contributed by atoms with van der Waals surface area (Å²) in [7, 11) is -0.221. The number of fused-ring (bicyclic) bond motifs is 4. The average molecular weight is 556 g/mol. The number of ether oxygens (including phenoxy) is 1. The Kier molecular flexibility index (Phi) is 6.82. The Hall–Kier alpha value is -2.91. The van der Waals surface area contributed by atoms with Gasteiger partial charge in [0.1, 0.15) is 12.6 Å². The number of phosphoric ester groups is 1. The molecule has 0 radical (unpaired) electrons. The molecule has 11 heteroatoms. The van der Waals surface area contributed by atoms with Gasteiger partial charge in [0.25, 0.3) is 0 Å². The van der Waals surface area contributed by atoms with Crippen LogP contribution in [0.15, 0.2) is 30.4 Å². The fourth-order valence-electron chi connectivity index (χ4n) is 5.04. The monoisotopic (exact) mass is 555 g/mol. The van der Waals surface area contributed by atoms with Gasteiger partial charge in [-0.1, -0.05) is 0 Å². The minimum Gasteiger partial charge on any atom is -0.501 e. The van der Waals surface area contributed by atoms with Crippen LogP contribution in [0.2, 0.25) is 0 Å². The highest BCUT2D eigenvalue weighted by atomic mass is 31.2. The van der Waals surface area contributed by atoms with Crippen molar-refractivity contribution in [2.75, 3.05) is 7.11 Å². The summed E-state index contributed by atoms with van der Waals surface area (Å²) < 4.78 is 43.5. The van der Waals surface area contributed by atoms with E-state index in [4.69, 9.17) is 23.3 Å². The predicted octanol–water partition coefficient (Wildman–Crippen LogP) is 6.64. The van der Waals surface area contributed by atoms with E-state index < -0.39 is 19.0 Å². The zero-order valence-electron chi connectivity index (χ0n) is 24.2. The van der Waals surface area contributed by atoms with Crippen LogP contribution in [-0.2, 0) is 43.1 Å². The molecule has 0 unspecified atom stereocenters. The molecular formula is C28H38N5O5P. The lowest BCUT2D eigenvalue weighted by molar-refractivity contribution is -0.00549. The highest BCUT2D eigenvalue weighted by molar-refractivity contribution is 7.48. The van der Waals surface area contributed by atoms with E-state index in [2.05, 4.69) is 39.3 Å². The van der Waals surface area contributed by atoms with Crippen LogP contribution in [0.25, 0.3) is 34.0 Å². The van der Waals surface area contributed by atoms with Gasteiger partial charge in [0.15, 0.2) is 5.65 Å². The first kappa shape index (κ1) is 27.6. The lowest BCUT2D eigenvalue weighted by Gasteiger charge is -2.31. The maximum absolute atomic E-state index is 13.9. The van der Waals surface area contributed by atoms with Gasteiger partial charge in [-0.15, -0.1) is 0 Å². The van der Waals surface area contributed by atoms with E-state index in [0.717, 1.165) is 52.3 Å². The van der Waals surface area contributed by atoms with Crippen LogP contribution >= 0.6 is 7.82 Å². The Bertz CT molecular complexity index is 1610. The zero-order valence-corrected chi connectivity index (χ0v) is 25.1. The fraction of sp³-hybridized carbons (Fsp3) is 0.500. The van der Waals surface area contributed by atoms with Gasteiger partial charge in [-0.05, 0) is 67.0 Å². The Morgan fingerprint density at radius 1 is 1.03 bits per heavy atom. The van der Waals surface area contributed by atoms with Gasteiger partial charge in [0.2, 0.25) is 0 Å². The summed E-state index contributed by atoms with van der Waals surface area (Å²) in [4.78, 5) is 9.26. The fourth-order valence-corrected chi connectivity index (χ4v) is 6.78. The molecule has 0 aromatic carbocycles. The number of methoxy groups -OCH3 is 1. The van der Waals surface area contributed by atoms with E-state index in [9.17, 15) is 4.57 Å². The zero-order chi connectivity index (χ0) is 28.3. The molecule has 0 N–H and O–H groups in total. The topological polar surface area (TPSA) is 94.0 Å². The van der Waals surface area contributed by atoms with Crippen molar-refractivity contribution in [2.24, 2.45) is 7.05 Å². The third kappa shape index (κ3) is 5.43. The summed E-state index contributed by atoms with van der Waals surface area (Å²) in [5, 5.41) is 0. The molecule has 0 saturated heterocycles. The van der Waals surface area contributed by atoms with Crippen LogP contribution in [0.1, 0.15) is 65.0 Å². The first-order valence-corrected chi connectivity index (χ1v) is 14.6. The number of aromatic nitrogens is 5. The average Bonchev–Trinajstić information content (AvgIpc) is 3.47. The Labute approximate surface area is 229 Å². The molecule has 0 bridgehead atoms. The molecule has 1 aliphatic rings. The SMILES string of the molecule is COC1=Cc2c(-c3cc4c(ncc5cnc(C)n54)n3COP(=O)(OC(C)(C)C)OC(C)(C)C)cn(C)c2CC1. The van der Waals surface area contributed by atoms with E-state index in [1.54, 1.807) is 19.5 Å². The largest absolute Gasteiger partial charge is 0.501 e. The molecular weight excluding hydrogens is 517 g/mol. The van der Waals surface area contributed by atoms with Crippen molar-refractivity contribution in [1.82, 2.24) is 23.5 Å². The van der Waals surface area contributed by atoms with E-state index in [-0.39, 0.29) is 6.73 Å². The second-order valence-corrected chi connectivity index (χ2v) is 13.4. The van der Waals surface area contributed by atoms with Crippen molar-refractivity contribution in [3.8, 4) is 11.3 Å². The second-order valence-electron chi connectivity index (χ2n) is 11.9. The van der Waals surface area contributed by atoms with Crippen LogP contribution in [0.3, 0.4) is 0 Å². The number of allylic oxidation sites excluding steroid dienone is 1. The highest BCUT2D eigenvalue weighted by Crippen LogP contribution is 2.56. The maximum atomic E-state index is 13.9. The second kappa shape index (κ2) is 9.63. The predicted molar refractivity (Wildman–Crippen MR) is 151 cm³/mol. The Morgan fingerprint density at radius 3 is 2.33 bits per heavy atom. The van der Waals surface area contributed by atoms with Crippen molar-refractivity contribution in [1.29, 1.82) is 0 Å². The van der Waals surface area contributed by atoms with Gasteiger partial charge in [-0.3, -0.25) is 22.5 Å². The quantitative estimate of drug-likeness (QED) is 0.236. The summed E-state index contributed by atoms with van der Waals surface area (Å²) in [6.07, 6.45) is 9.51. The molecule has 0 fully saturated rings. The first-order chi connectivity index (χ1) is 18.2. The van der Waals surface area contributed by atoms with Gasteiger partial charge >= 0.3 is 7.82 Å². The van der Waals surface area contributed by atoms with Crippen LogP contribution in [0, 0.1) is 6.92 Å². The molecule has 4 aromatic heterocycles. The molecule has 10 nitrogen and oxygen atoms in total. The summed E-state index contributed by atoms with van der Waals surface area (Å²) in [6.45, 7) is 12.8. The molecule has 5 rings (SSSR count). The molecule has 210 valence electrons. The molecule has 0 spiro atoms. The van der Waals surface area contributed by atoms with Gasteiger partial charge in [-0.25, -0.2) is 14.5 Å². The molecule has 0 saturated carbocycles. The number of rotatable bonds is 7.